The minimum atomic E-state index is -0.0904. The highest BCUT2D eigenvalue weighted by Crippen LogP contribution is 2.28. The molecule has 4 rings (SSSR count). The summed E-state index contributed by atoms with van der Waals surface area (Å²) in [7, 11) is 0. The van der Waals surface area contributed by atoms with E-state index in [0.717, 1.165) is 17.7 Å². The lowest BCUT2D eigenvalue weighted by Crippen LogP contribution is -2.30. The first kappa shape index (κ1) is 16.2. The zero-order valence-corrected chi connectivity index (χ0v) is 14.5. The Balaban J connectivity index is 1.55. The Morgan fingerprint density at radius 1 is 1.15 bits per heavy atom. The number of carbonyl (C=O) groups is 1. The lowest BCUT2D eigenvalue weighted by molar-refractivity contribution is 0.0984. The number of nitrogens with zero attached hydrogens (tertiary/aromatic N) is 4. The first-order chi connectivity index (χ1) is 12.7. The van der Waals surface area contributed by atoms with Gasteiger partial charge in [0.05, 0.1) is 0 Å². The van der Waals surface area contributed by atoms with Crippen LogP contribution in [0, 0.1) is 6.92 Å². The van der Waals surface area contributed by atoms with E-state index in [0.29, 0.717) is 30.4 Å². The van der Waals surface area contributed by atoms with Gasteiger partial charge in [0, 0.05) is 37.2 Å². The van der Waals surface area contributed by atoms with Gasteiger partial charge in [0.25, 0.3) is 5.91 Å². The Morgan fingerprint density at radius 2 is 1.96 bits per heavy atom. The maximum Gasteiger partial charge on any atom is 0.277 e. The van der Waals surface area contributed by atoms with Crippen molar-refractivity contribution in [1.82, 2.24) is 15.0 Å². The van der Waals surface area contributed by atoms with Crippen LogP contribution >= 0.6 is 0 Å². The van der Waals surface area contributed by atoms with Crippen LogP contribution in [0.15, 0.2) is 54.9 Å². The van der Waals surface area contributed by atoms with Gasteiger partial charge in [-0.05, 0) is 42.7 Å². The van der Waals surface area contributed by atoms with E-state index >= 15 is 0 Å². The molecule has 0 spiro atoms. The number of para-hydroxylation sites is 1. The molecule has 0 atom stereocenters. The Hall–Kier alpha value is -3.28. The second kappa shape index (κ2) is 6.92. The van der Waals surface area contributed by atoms with Gasteiger partial charge in [-0.25, -0.2) is 9.97 Å². The molecule has 1 amide bonds. The van der Waals surface area contributed by atoms with Gasteiger partial charge in [0.2, 0.25) is 0 Å². The minimum absolute atomic E-state index is 0.0904. The molecule has 0 aliphatic carbocycles. The predicted octanol–water partition coefficient (Wildman–Crippen LogP) is 3.00. The van der Waals surface area contributed by atoms with Crippen molar-refractivity contribution in [3.05, 3.63) is 77.5 Å². The van der Waals surface area contributed by atoms with Crippen molar-refractivity contribution < 1.29 is 4.79 Å². The summed E-state index contributed by atoms with van der Waals surface area (Å²) in [4.78, 5) is 27.5. The number of aromatic nitrogens is 3. The Bertz CT molecular complexity index is 942. The van der Waals surface area contributed by atoms with Gasteiger partial charge in [0.1, 0.15) is 17.3 Å². The topological polar surface area (TPSA) is 71.0 Å². The zero-order valence-electron chi connectivity index (χ0n) is 14.5. The van der Waals surface area contributed by atoms with E-state index in [4.69, 9.17) is 0 Å². The monoisotopic (exact) mass is 345 g/mol. The van der Waals surface area contributed by atoms with Crippen LogP contribution in [0.2, 0.25) is 0 Å². The average molecular weight is 345 g/mol. The standard InChI is InChI=1S/C20H19N5O/c1-14-23-17(12-19(24-14)22-13-15-6-9-21-10-7-15)20(26)25-11-8-16-4-2-3-5-18(16)25/h2-7,9-10,12H,8,11,13H2,1H3,(H,22,23,24). The van der Waals surface area contributed by atoms with E-state index < -0.39 is 0 Å². The molecule has 2 aromatic heterocycles. The second-order valence-electron chi connectivity index (χ2n) is 6.23. The van der Waals surface area contributed by atoms with Crippen molar-refractivity contribution in [3.63, 3.8) is 0 Å². The number of benzene rings is 1. The lowest BCUT2D eigenvalue weighted by atomic mass is 10.2. The number of aryl methyl sites for hydroxylation is 1. The van der Waals surface area contributed by atoms with Crippen molar-refractivity contribution in [2.24, 2.45) is 0 Å². The van der Waals surface area contributed by atoms with Crippen LogP contribution in [0.4, 0.5) is 11.5 Å². The van der Waals surface area contributed by atoms with Crippen LogP contribution in [-0.4, -0.2) is 27.4 Å². The van der Waals surface area contributed by atoms with E-state index in [-0.39, 0.29) is 5.91 Å². The first-order valence-electron chi connectivity index (χ1n) is 8.59. The molecule has 0 saturated carbocycles. The molecule has 0 unspecified atom stereocenters. The molecular formula is C20H19N5O. The third-order valence-electron chi connectivity index (χ3n) is 4.41. The van der Waals surface area contributed by atoms with E-state index in [1.807, 2.05) is 30.3 Å². The van der Waals surface area contributed by atoms with Gasteiger partial charge in [-0.1, -0.05) is 18.2 Å². The summed E-state index contributed by atoms with van der Waals surface area (Å²) in [5, 5.41) is 3.26. The lowest BCUT2D eigenvalue weighted by Gasteiger charge is -2.17. The summed E-state index contributed by atoms with van der Waals surface area (Å²) in [6, 6.07) is 13.6. The fourth-order valence-electron chi connectivity index (χ4n) is 3.15. The maximum absolute atomic E-state index is 13.0. The number of fused-ring (bicyclic) bond motifs is 1. The van der Waals surface area contributed by atoms with Crippen molar-refractivity contribution in [2.75, 3.05) is 16.8 Å². The largest absolute Gasteiger partial charge is 0.366 e. The molecule has 6 heteroatoms. The number of rotatable bonds is 4. The van der Waals surface area contributed by atoms with E-state index in [1.165, 1.54) is 5.56 Å². The van der Waals surface area contributed by atoms with Gasteiger partial charge in [-0.3, -0.25) is 9.78 Å². The molecule has 3 aromatic rings. The summed E-state index contributed by atoms with van der Waals surface area (Å²) in [5.74, 6) is 1.12. The maximum atomic E-state index is 13.0. The molecule has 0 bridgehead atoms. The Labute approximate surface area is 151 Å². The highest BCUT2D eigenvalue weighted by atomic mass is 16.2. The van der Waals surface area contributed by atoms with Gasteiger partial charge in [0.15, 0.2) is 0 Å². The van der Waals surface area contributed by atoms with Crippen molar-refractivity contribution in [1.29, 1.82) is 0 Å². The summed E-state index contributed by atoms with van der Waals surface area (Å²) in [6.45, 7) is 3.09. The minimum Gasteiger partial charge on any atom is -0.366 e. The van der Waals surface area contributed by atoms with Crippen molar-refractivity contribution >= 4 is 17.4 Å². The number of nitrogens with one attached hydrogen (secondary N) is 1. The Kier molecular flexibility index (Phi) is 4.31. The summed E-state index contributed by atoms with van der Waals surface area (Å²) in [6.07, 6.45) is 4.38. The van der Waals surface area contributed by atoms with Gasteiger partial charge >= 0.3 is 0 Å². The molecule has 26 heavy (non-hydrogen) atoms. The quantitative estimate of drug-likeness (QED) is 0.787. The molecule has 3 heterocycles. The fourth-order valence-corrected chi connectivity index (χ4v) is 3.15. The van der Waals surface area contributed by atoms with Crippen LogP contribution in [0.25, 0.3) is 0 Å². The molecule has 0 saturated heterocycles. The molecule has 0 fully saturated rings. The normalized spacial score (nSPS) is 12.7. The van der Waals surface area contributed by atoms with Crippen LogP contribution < -0.4 is 10.2 Å². The average Bonchev–Trinajstić information content (AvgIpc) is 3.10. The van der Waals surface area contributed by atoms with E-state index in [9.17, 15) is 4.79 Å². The summed E-state index contributed by atoms with van der Waals surface area (Å²) < 4.78 is 0. The molecule has 1 N–H and O–H groups in total. The predicted molar refractivity (Wildman–Crippen MR) is 100 cm³/mol. The first-order valence-corrected chi connectivity index (χ1v) is 8.59. The zero-order chi connectivity index (χ0) is 17.9. The second-order valence-corrected chi connectivity index (χ2v) is 6.23. The fraction of sp³-hybridized carbons (Fsp3) is 0.200. The van der Waals surface area contributed by atoms with Crippen LogP contribution in [0.3, 0.4) is 0 Å². The van der Waals surface area contributed by atoms with E-state index in [2.05, 4.69) is 26.3 Å². The number of amides is 1. The molecule has 1 aliphatic heterocycles. The van der Waals surface area contributed by atoms with Crippen LogP contribution in [-0.2, 0) is 13.0 Å². The summed E-state index contributed by atoms with van der Waals surface area (Å²) >= 11 is 0. The molecule has 6 nitrogen and oxygen atoms in total. The highest BCUT2D eigenvalue weighted by molar-refractivity contribution is 6.06. The number of anilines is 2. The van der Waals surface area contributed by atoms with Crippen molar-refractivity contribution in [3.8, 4) is 0 Å². The third kappa shape index (κ3) is 3.26. The smallest absolute Gasteiger partial charge is 0.277 e. The molecule has 0 radical (unpaired) electrons. The van der Waals surface area contributed by atoms with Crippen LogP contribution in [0.5, 0.6) is 0 Å². The van der Waals surface area contributed by atoms with Crippen LogP contribution in [0.1, 0.15) is 27.4 Å². The van der Waals surface area contributed by atoms with Crippen molar-refractivity contribution in [2.45, 2.75) is 19.9 Å². The molecule has 130 valence electrons. The molecule has 1 aliphatic rings. The summed E-state index contributed by atoms with van der Waals surface area (Å²) in [5.41, 5.74) is 3.67. The Morgan fingerprint density at radius 3 is 2.81 bits per heavy atom. The van der Waals surface area contributed by atoms with E-state index in [1.54, 1.807) is 30.3 Å². The van der Waals surface area contributed by atoms with Gasteiger partial charge < -0.3 is 10.2 Å². The SMILES string of the molecule is Cc1nc(NCc2ccncc2)cc(C(=O)N2CCc3ccccc32)n1. The number of pyridine rings is 1. The van der Waals surface area contributed by atoms with Gasteiger partial charge in [-0.15, -0.1) is 0 Å². The highest BCUT2D eigenvalue weighted by Gasteiger charge is 2.26. The molecular weight excluding hydrogens is 326 g/mol. The molecule has 1 aromatic carbocycles. The van der Waals surface area contributed by atoms with Gasteiger partial charge in [-0.2, -0.15) is 0 Å². The number of hydrogen-bond donors (Lipinski definition) is 1. The number of carbonyl (C=O) groups excluding carboxylic acids is 1. The number of hydrogen-bond acceptors (Lipinski definition) is 5. The third-order valence-corrected chi connectivity index (χ3v) is 4.41.